The molecule has 1 N–H and O–H groups in total. The minimum absolute atomic E-state index is 0.106. The lowest BCUT2D eigenvalue weighted by molar-refractivity contribution is 0.102. The Morgan fingerprint density at radius 1 is 1.11 bits per heavy atom. The first-order valence-corrected chi connectivity index (χ1v) is 8.69. The van der Waals surface area contributed by atoms with Gasteiger partial charge in [-0.3, -0.25) is 4.79 Å². The van der Waals surface area contributed by atoms with Gasteiger partial charge in [0.1, 0.15) is 0 Å². The van der Waals surface area contributed by atoms with Gasteiger partial charge in [0.2, 0.25) is 0 Å². The van der Waals surface area contributed by atoms with Gasteiger partial charge in [0.25, 0.3) is 5.91 Å². The van der Waals surface area contributed by atoms with E-state index in [1.165, 1.54) is 12.3 Å². The Morgan fingerprint density at radius 3 is 2.57 bits per heavy atom. The Bertz CT molecular complexity index is 1210. The molecule has 4 aromatic rings. The van der Waals surface area contributed by atoms with Crippen molar-refractivity contribution in [2.75, 3.05) is 5.32 Å². The molecule has 2 aromatic heterocycles. The van der Waals surface area contributed by atoms with Gasteiger partial charge in [-0.05, 0) is 31.2 Å². The number of pyridine rings is 1. The van der Waals surface area contributed by atoms with E-state index in [0.717, 1.165) is 17.8 Å². The van der Waals surface area contributed by atoms with E-state index in [-0.39, 0.29) is 16.3 Å². The normalized spacial score (nSPS) is 11.0. The Kier molecular flexibility index (Phi) is 4.52. The minimum atomic E-state index is -1.06. The number of para-hydroxylation sites is 1. The first kappa shape index (κ1) is 18.1. The lowest BCUT2D eigenvalue weighted by Gasteiger charge is -2.08. The summed E-state index contributed by atoms with van der Waals surface area (Å²) < 4.78 is 28.1. The predicted molar refractivity (Wildman–Crippen MR) is 103 cm³/mol. The van der Waals surface area contributed by atoms with Crippen LogP contribution in [0.3, 0.4) is 0 Å². The molecule has 2 heterocycles. The first-order valence-electron chi connectivity index (χ1n) is 8.31. The summed E-state index contributed by atoms with van der Waals surface area (Å²) in [5.74, 6) is -2.64. The smallest absolute Gasteiger partial charge is 0.258 e. The van der Waals surface area contributed by atoms with Crippen LogP contribution in [-0.4, -0.2) is 20.7 Å². The third-order valence-electron chi connectivity index (χ3n) is 4.23. The van der Waals surface area contributed by atoms with Crippen LogP contribution in [0.2, 0.25) is 5.02 Å². The van der Waals surface area contributed by atoms with E-state index in [2.05, 4.69) is 15.4 Å². The van der Waals surface area contributed by atoms with Crippen LogP contribution in [-0.2, 0) is 0 Å². The first-order chi connectivity index (χ1) is 13.5. The summed E-state index contributed by atoms with van der Waals surface area (Å²) in [6, 6.07) is 12.5. The van der Waals surface area contributed by atoms with E-state index in [9.17, 15) is 13.6 Å². The number of benzene rings is 2. The van der Waals surface area contributed by atoms with Crippen molar-refractivity contribution in [1.82, 2.24) is 14.8 Å². The van der Waals surface area contributed by atoms with Gasteiger partial charge in [-0.15, -0.1) is 0 Å². The number of anilines is 1. The zero-order valence-electron chi connectivity index (χ0n) is 14.6. The molecular weight excluding hydrogens is 386 g/mol. The van der Waals surface area contributed by atoms with Crippen LogP contribution in [0.4, 0.5) is 14.5 Å². The highest BCUT2D eigenvalue weighted by molar-refractivity contribution is 6.39. The fraction of sp³-hybridized carbons (Fsp3) is 0.0500. The zero-order chi connectivity index (χ0) is 19.8. The van der Waals surface area contributed by atoms with Gasteiger partial charge in [0, 0.05) is 18.0 Å². The van der Waals surface area contributed by atoms with Gasteiger partial charge in [-0.1, -0.05) is 29.8 Å². The molecule has 2 aromatic carbocycles. The van der Waals surface area contributed by atoms with Gasteiger partial charge >= 0.3 is 0 Å². The number of carbonyl (C=O) groups is 1. The number of fused-ring (bicyclic) bond motifs is 1. The molecule has 0 fully saturated rings. The summed E-state index contributed by atoms with van der Waals surface area (Å²) in [5.41, 5.74) is 2.14. The Hall–Kier alpha value is -3.32. The number of nitrogens with one attached hydrogen (secondary N) is 1. The van der Waals surface area contributed by atoms with Crippen LogP contribution < -0.4 is 5.32 Å². The second-order valence-corrected chi connectivity index (χ2v) is 6.48. The Balaban J connectivity index is 1.75. The van der Waals surface area contributed by atoms with Crippen molar-refractivity contribution in [2.24, 2.45) is 0 Å². The highest BCUT2D eigenvalue weighted by atomic mass is 35.5. The predicted octanol–water partition coefficient (Wildman–Crippen LogP) is 4.91. The number of aryl methyl sites for hydroxylation is 1. The molecular formula is C20H13ClF2N4O. The lowest BCUT2D eigenvalue weighted by Crippen LogP contribution is -2.13. The highest BCUT2D eigenvalue weighted by Gasteiger charge is 2.20. The lowest BCUT2D eigenvalue weighted by atomic mass is 10.2. The van der Waals surface area contributed by atoms with E-state index in [0.29, 0.717) is 16.7 Å². The summed E-state index contributed by atoms with van der Waals surface area (Å²) >= 11 is 6.48. The maximum Gasteiger partial charge on any atom is 0.258 e. The second kappa shape index (κ2) is 7.01. The average molecular weight is 399 g/mol. The number of carbonyl (C=O) groups excluding carboxylic acids is 1. The maximum absolute atomic E-state index is 13.4. The third-order valence-corrected chi connectivity index (χ3v) is 4.62. The zero-order valence-corrected chi connectivity index (χ0v) is 15.3. The number of halogens is 3. The Morgan fingerprint density at radius 2 is 1.86 bits per heavy atom. The Labute approximate surface area is 163 Å². The molecule has 5 nitrogen and oxygen atoms in total. The summed E-state index contributed by atoms with van der Waals surface area (Å²) in [6.45, 7) is 1.77. The van der Waals surface area contributed by atoms with Crippen LogP contribution in [0.1, 0.15) is 16.1 Å². The fourth-order valence-electron chi connectivity index (χ4n) is 2.89. The number of hydrogen-bond donors (Lipinski definition) is 1. The van der Waals surface area contributed by atoms with Crippen molar-refractivity contribution >= 4 is 34.2 Å². The van der Waals surface area contributed by atoms with E-state index >= 15 is 0 Å². The SMILES string of the molecule is Cc1nn(-c2ccccc2)c2ncc(C(=O)Nc3ccc(F)c(F)c3)c(Cl)c12. The molecule has 0 radical (unpaired) electrons. The van der Waals surface area contributed by atoms with Crippen LogP contribution >= 0.6 is 11.6 Å². The molecule has 28 heavy (non-hydrogen) atoms. The summed E-state index contributed by atoms with van der Waals surface area (Å²) in [6.07, 6.45) is 1.33. The number of aromatic nitrogens is 3. The van der Waals surface area contributed by atoms with Gasteiger partial charge < -0.3 is 5.32 Å². The van der Waals surface area contributed by atoms with Gasteiger partial charge in [0.15, 0.2) is 17.3 Å². The van der Waals surface area contributed by atoms with Crippen molar-refractivity contribution in [3.8, 4) is 5.69 Å². The van der Waals surface area contributed by atoms with Crippen LogP contribution in [0.5, 0.6) is 0 Å². The second-order valence-electron chi connectivity index (χ2n) is 6.10. The maximum atomic E-state index is 13.4. The number of nitrogens with zero attached hydrogens (tertiary/aromatic N) is 3. The molecule has 0 unspecified atom stereocenters. The average Bonchev–Trinajstić information content (AvgIpc) is 3.03. The highest BCUT2D eigenvalue weighted by Crippen LogP contribution is 2.30. The molecule has 140 valence electrons. The number of amides is 1. The quantitative estimate of drug-likeness (QED) is 0.533. The van der Waals surface area contributed by atoms with Crippen LogP contribution in [0.25, 0.3) is 16.7 Å². The van der Waals surface area contributed by atoms with Gasteiger partial charge in [-0.2, -0.15) is 5.10 Å². The third kappa shape index (κ3) is 3.10. The van der Waals surface area contributed by atoms with E-state index < -0.39 is 17.5 Å². The molecule has 0 atom stereocenters. The minimum Gasteiger partial charge on any atom is -0.322 e. The summed E-state index contributed by atoms with van der Waals surface area (Å²) in [5, 5.41) is 7.70. The number of hydrogen-bond acceptors (Lipinski definition) is 3. The van der Waals surface area contributed by atoms with Crippen molar-refractivity contribution in [2.45, 2.75) is 6.92 Å². The summed E-state index contributed by atoms with van der Waals surface area (Å²) in [4.78, 5) is 16.9. The molecule has 0 aliphatic rings. The van der Waals surface area contributed by atoms with Crippen molar-refractivity contribution in [1.29, 1.82) is 0 Å². The molecule has 4 rings (SSSR count). The van der Waals surface area contributed by atoms with Crippen LogP contribution in [0, 0.1) is 18.6 Å². The van der Waals surface area contributed by atoms with E-state index in [1.807, 2.05) is 30.3 Å². The van der Waals surface area contributed by atoms with Crippen LogP contribution in [0.15, 0.2) is 54.7 Å². The molecule has 1 amide bonds. The van der Waals surface area contributed by atoms with Gasteiger partial charge in [0.05, 0.1) is 27.4 Å². The largest absolute Gasteiger partial charge is 0.322 e. The molecule has 0 aliphatic carbocycles. The molecule has 0 spiro atoms. The molecule has 0 saturated heterocycles. The molecule has 0 bridgehead atoms. The standard InChI is InChI=1S/C20H13ClF2N4O/c1-11-17-18(21)14(20(28)25-12-7-8-15(22)16(23)9-12)10-24-19(17)27(26-11)13-5-3-2-4-6-13/h2-10H,1H3,(H,25,28). The fourth-order valence-corrected chi connectivity index (χ4v) is 3.24. The molecule has 0 aliphatic heterocycles. The summed E-state index contributed by atoms with van der Waals surface area (Å²) in [7, 11) is 0. The molecule has 8 heteroatoms. The van der Waals surface area contributed by atoms with E-state index in [4.69, 9.17) is 11.6 Å². The number of rotatable bonds is 3. The van der Waals surface area contributed by atoms with E-state index in [1.54, 1.807) is 11.6 Å². The monoisotopic (exact) mass is 398 g/mol. The molecule has 0 saturated carbocycles. The topological polar surface area (TPSA) is 59.8 Å². The van der Waals surface area contributed by atoms with Gasteiger partial charge in [-0.25, -0.2) is 18.4 Å². The van der Waals surface area contributed by atoms with Crippen molar-refractivity contribution in [3.05, 3.63) is 82.6 Å². The van der Waals surface area contributed by atoms with Crippen molar-refractivity contribution in [3.63, 3.8) is 0 Å². The van der Waals surface area contributed by atoms with Crippen molar-refractivity contribution < 1.29 is 13.6 Å².